The van der Waals surface area contributed by atoms with E-state index in [0.717, 1.165) is 0 Å². The van der Waals surface area contributed by atoms with E-state index >= 15 is 0 Å². The Labute approximate surface area is 93.0 Å². The first-order chi connectivity index (χ1) is 6.86. The number of nitrogens with two attached hydrogens (primary N) is 1. The summed E-state index contributed by atoms with van der Waals surface area (Å²) >= 11 is 3.04. The summed E-state index contributed by atoms with van der Waals surface area (Å²) in [5.41, 5.74) is 4.74. The van der Waals surface area contributed by atoms with E-state index < -0.39 is 10.9 Å². The van der Waals surface area contributed by atoms with Crippen molar-refractivity contribution in [2.24, 2.45) is 0 Å². The summed E-state index contributed by atoms with van der Waals surface area (Å²) in [6.45, 7) is 1.49. The van der Waals surface area contributed by atoms with E-state index in [2.05, 4.69) is 15.9 Å². The number of nitrogens with zero attached hydrogens (tertiary/aromatic N) is 1. The molecule has 0 atom stereocenters. The first-order valence-electron chi connectivity index (χ1n) is 3.82. The third-order valence-corrected chi connectivity index (χ3v) is 2.77. The van der Waals surface area contributed by atoms with Crippen LogP contribution in [0.4, 0.5) is 11.4 Å². The van der Waals surface area contributed by atoms with E-state index in [1.54, 1.807) is 0 Å². The fourth-order valence-corrected chi connectivity index (χ4v) is 1.58. The van der Waals surface area contributed by atoms with Gasteiger partial charge in [0.15, 0.2) is 0 Å². The summed E-state index contributed by atoms with van der Waals surface area (Å²) in [6.07, 6.45) is 0. The van der Waals surface area contributed by atoms with Crippen LogP contribution in [0.15, 0.2) is 10.5 Å². The molecule has 15 heavy (non-hydrogen) atoms. The Balaban J connectivity index is 3.63. The van der Waals surface area contributed by atoms with Crippen LogP contribution in [0.1, 0.15) is 15.9 Å². The van der Waals surface area contributed by atoms with Gasteiger partial charge in [0.1, 0.15) is 5.69 Å². The lowest BCUT2D eigenvalue weighted by molar-refractivity contribution is -0.384. The molecule has 1 rings (SSSR count). The number of halogens is 1. The number of hydrogen-bond donors (Lipinski definition) is 2. The SMILES string of the molecule is Cc1c(Br)cc(C(=O)O)c(N)c1[N+](=O)[O-]. The summed E-state index contributed by atoms with van der Waals surface area (Å²) in [4.78, 5) is 20.7. The number of nitro benzene ring substituents is 1. The first-order valence-corrected chi connectivity index (χ1v) is 4.61. The molecule has 0 unspecified atom stereocenters. The summed E-state index contributed by atoms with van der Waals surface area (Å²) in [7, 11) is 0. The number of nitro groups is 1. The van der Waals surface area contributed by atoms with Crippen molar-refractivity contribution < 1.29 is 14.8 Å². The van der Waals surface area contributed by atoms with Gasteiger partial charge in [-0.25, -0.2) is 4.79 Å². The highest BCUT2D eigenvalue weighted by molar-refractivity contribution is 9.10. The lowest BCUT2D eigenvalue weighted by atomic mass is 10.1. The molecular formula is C8H7BrN2O4. The number of rotatable bonds is 2. The van der Waals surface area contributed by atoms with Crippen molar-refractivity contribution in [1.29, 1.82) is 0 Å². The molecular weight excluding hydrogens is 268 g/mol. The van der Waals surface area contributed by atoms with Gasteiger partial charge in [-0.3, -0.25) is 10.1 Å². The van der Waals surface area contributed by atoms with Gasteiger partial charge in [-0.05, 0) is 13.0 Å². The maximum Gasteiger partial charge on any atom is 0.338 e. The molecule has 0 fully saturated rings. The molecule has 80 valence electrons. The molecule has 1 aromatic rings. The minimum absolute atomic E-state index is 0.279. The lowest BCUT2D eigenvalue weighted by Gasteiger charge is -2.06. The Hall–Kier alpha value is -1.63. The van der Waals surface area contributed by atoms with Crippen LogP contribution in [-0.2, 0) is 0 Å². The molecule has 1 aromatic carbocycles. The Bertz CT molecular complexity index is 458. The molecule has 0 saturated carbocycles. The smallest absolute Gasteiger partial charge is 0.338 e. The molecule has 0 radical (unpaired) electrons. The van der Waals surface area contributed by atoms with Gasteiger partial charge in [0.05, 0.1) is 10.5 Å². The molecule has 0 amide bonds. The van der Waals surface area contributed by atoms with E-state index in [9.17, 15) is 14.9 Å². The third kappa shape index (κ3) is 1.91. The average Bonchev–Trinajstić information content (AvgIpc) is 2.10. The molecule has 3 N–H and O–H groups in total. The molecule has 0 heterocycles. The number of aromatic carboxylic acids is 1. The number of carbonyl (C=O) groups is 1. The Morgan fingerprint density at radius 3 is 2.60 bits per heavy atom. The van der Waals surface area contributed by atoms with Crippen molar-refractivity contribution in [3.63, 3.8) is 0 Å². The summed E-state index contributed by atoms with van der Waals surface area (Å²) in [6, 6.07) is 1.25. The topological polar surface area (TPSA) is 106 Å². The van der Waals surface area contributed by atoms with Crippen LogP contribution in [0.5, 0.6) is 0 Å². The quantitative estimate of drug-likeness (QED) is 0.487. The van der Waals surface area contributed by atoms with Gasteiger partial charge in [0.2, 0.25) is 0 Å². The van der Waals surface area contributed by atoms with Gasteiger partial charge < -0.3 is 10.8 Å². The monoisotopic (exact) mass is 274 g/mol. The highest BCUT2D eigenvalue weighted by Gasteiger charge is 2.24. The Kier molecular flexibility index (Phi) is 2.94. The zero-order valence-electron chi connectivity index (χ0n) is 7.65. The number of benzene rings is 1. The van der Waals surface area contributed by atoms with Crippen molar-refractivity contribution in [2.45, 2.75) is 6.92 Å². The van der Waals surface area contributed by atoms with Crippen LogP contribution in [0.3, 0.4) is 0 Å². The summed E-state index contributed by atoms with van der Waals surface area (Å²) in [5.74, 6) is -1.30. The van der Waals surface area contributed by atoms with Gasteiger partial charge in [-0.15, -0.1) is 0 Å². The van der Waals surface area contributed by atoms with Gasteiger partial charge >= 0.3 is 5.97 Å². The van der Waals surface area contributed by atoms with Crippen LogP contribution in [0, 0.1) is 17.0 Å². The van der Waals surface area contributed by atoms with Crippen LogP contribution in [0.25, 0.3) is 0 Å². The second-order valence-corrected chi connectivity index (χ2v) is 3.71. The average molecular weight is 275 g/mol. The standard InChI is InChI=1S/C8H7BrN2O4/c1-3-5(9)2-4(8(12)13)6(10)7(3)11(14)15/h2H,10H2,1H3,(H,12,13). The highest BCUT2D eigenvalue weighted by Crippen LogP contribution is 2.34. The van der Waals surface area contributed by atoms with Gasteiger partial charge in [0.25, 0.3) is 5.69 Å². The third-order valence-electron chi connectivity index (χ3n) is 1.94. The van der Waals surface area contributed by atoms with Gasteiger partial charge in [0, 0.05) is 10.0 Å². The minimum Gasteiger partial charge on any atom is -0.478 e. The zero-order valence-corrected chi connectivity index (χ0v) is 9.24. The fraction of sp³-hybridized carbons (Fsp3) is 0.125. The van der Waals surface area contributed by atoms with Crippen LogP contribution in [0.2, 0.25) is 0 Å². The molecule has 0 aliphatic heterocycles. The van der Waals surface area contributed by atoms with Crippen molar-refractivity contribution in [3.05, 3.63) is 31.8 Å². The Morgan fingerprint density at radius 2 is 2.20 bits per heavy atom. The van der Waals surface area contributed by atoms with Crippen molar-refractivity contribution in [2.75, 3.05) is 5.73 Å². The summed E-state index contributed by atoms with van der Waals surface area (Å²) in [5, 5.41) is 19.4. The molecule has 0 aliphatic rings. The molecule has 0 aromatic heterocycles. The largest absolute Gasteiger partial charge is 0.478 e. The van der Waals surface area contributed by atoms with E-state index in [4.69, 9.17) is 10.8 Å². The van der Waals surface area contributed by atoms with E-state index in [-0.39, 0.29) is 16.9 Å². The molecule has 0 bridgehead atoms. The predicted molar refractivity (Wildman–Crippen MR) is 56.9 cm³/mol. The highest BCUT2D eigenvalue weighted by atomic mass is 79.9. The minimum atomic E-state index is -1.30. The predicted octanol–water partition coefficient (Wildman–Crippen LogP) is 1.95. The maximum atomic E-state index is 10.7. The summed E-state index contributed by atoms with van der Waals surface area (Å²) < 4.78 is 0.348. The zero-order chi connectivity index (χ0) is 11.7. The molecule has 6 nitrogen and oxygen atoms in total. The first kappa shape index (κ1) is 11.4. The van der Waals surface area contributed by atoms with Crippen molar-refractivity contribution in [3.8, 4) is 0 Å². The number of hydrogen-bond acceptors (Lipinski definition) is 4. The number of carboxylic acid groups (broad SMARTS) is 1. The van der Waals surface area contributed by atoms with Gasteiger partial charge in [-0.1, -0.05) is 15.9 Å². The lowest BCUT2D eigenvalue weighted by Crippen LogP contribution is -2.07. The number of nitrogen functional groups attached to an aromatic ring is 1. The van der Waals surface area contributed by atoms with Crippen LogP contribution in [-0.4, -0.2) is 16.0 Å². The van der Waals surface area contributed by atoms with E-state index in [1.165, 1.54) is 13.0 Å². The maximum absolute atomic E-state index is 10.7. The van der Waals surface area contributed by atoms with Gasteiger partial charge in [-0.2, -0.15) is 0 Å². The number of carboxylic acids is 1. The molecule has 0 saturated heterocycles. The van der Waals surface area contributed by atoms with Crippen LogP contribution < -0.4 is 5.73 Å². The van der Waals surface area contributed by atoms with E-state index in [0.29, 0.717) is 10.0 Å². The van der Waals surface area contributed by atoms with Crippen LogP contribution >= 0.6 is 15.9 Å². The molecule has 7 heteroatoms. The second-order valence-electron chi connectivity index (χ2n) is 2.86. The second kappa shape index (κ2) is 3.85. The Morgan fingerprint density at radius 1 is 1.67 bits per heavy atom. The molecule has 0 aliphatic carbocycles. The molecule has 0 spiro atoms. The van der Waals surface area contributed by atoms with Crippen molar-refractivity contribution >= 4 is 33.3 Å². The fourth-order valence-electron chi connectivity index (χ4n) is 1.17. The normalized spacial score (nSPS) is 10.0. The van der Waals surface area contributed by atoms with Crippen molar-refractivity contribution in [1.82, 2.24) is 0 Å². The van der Waals surface area contributed by atoms with E-state index in [1.807, 2.05) is 0 Å². The number of anilines is 1.